The molecule has 0 aliphatic rings. The molecule has 1 aromatic rings. The third-order valence-electron chi connectivity index (χ3n) is 2.15. The zero-order chi connectivity index (χ0) is 15.6. The predicted molar refractivity (Wildman–Crippen MR) is 59.0 cm³/mol. The van der Waals surface area contributed by atoms with Crippen LogP contribution in [0.4, 0.5) is 22.0 Å². The fraction of sp³-hybridized carbons (Fsp3) is 0.273. The molecule has 1 rings (SSSR count). The first kappa shape index (κ1) is 15.9. The Morgan fingerprint density at radius 1 is 1.25 bits per heavy atom. The molecule has 2 N–H and O–H groups in total. The number of carbonyl (C=O) groups is 1. The molecule has 1 aromatic carbocycles. The molecular formula is C11H9F5N2O2. The van der Waals surface area contributed by atoms with Crippen LogP contribution < -0.4 is 5.73 Å². The highest BCUT2D eigenvalue weighted by atomic mass is 19.4. The smallest absolute Gasteiger partial charge is 0.380 e. The van der Waals surface area contributed by atoms with Gasteiger partial charge < -0.3 is 10.6 Å². The molecule has 0 atom stereocenters. The minimum absolute atomic E-state index is 0.216. The van der Waals surface area contributed by atoms with Crippen molar-refractivity contribution < 1.29 is 31.6 Å². The van der Waals surface area contributed by atoms with Crippen molar-refractivity contribution in [3.63, 3.8) is 0 Å². The van der Waals surface area contributed by atoms with Crippen molar-refractivity contribution >= 4 is 11.8 Å². The first-order valence-corrected chi connectivity index (χ1v) is 5.12. The maximum absolute atomic E-state index is 12.5. The summed E-state index contributed by atoms with van der Waals surface area (Å²) in [4.78, 5) is 14.2. The quantitative estimate of drug-likeness (QED) is 0.306. The summed E-state index contributed by atoms with van der Waals surface area (Å²) in [6, 6.07) is 6.15. The van der Waals surface area contributed by atoms with Crippen LogP contribution in [0, 0.1) is 6.92 Å². The van der Waals surface area contributed by atoms with Crippen LogP contribution in [0.3, 0.4) is 0 Å². The highest BCUT2D eigenvalue weighted by Crippen LogP contribution is 2.36. The number of aryl methyl sites for hydroxylation is 1. The van der Waals surface area contributed by atoms with E-state index in [1.54, 1.807) is 19.1 Å². The van der Waals surface area contributed by atoms with Gasteiger partial charge in [0.1, 0.15) is 0 Å². The summed E-state index contributed by atoms with van der Waals surface area (Å²) < 4.78 is 60.6. The SMILES string of the molecule is Cc1cccc(/C(N)=N/OC(=O)C(F)(F)C(F)(F)F)c1. The van der Waals surface area contributed by atoms with Crippen LogP contribution in [0.25, 0.3) is 0 Å². The Labute approximate surface area is 110 Å². The third kappa shape index (κ3) is 3.43. The largest absolute Gasteiger partial charge is 0.465 e. The zero-order valence-electron chi connectivity index (χ0n) is 10.0. The molecule has 0 radical (unpaired) electrons. The van der Waals surface area contributed by atoms with Crippen LogP contribution in [0.15, 0.2) is 29.4 Å². The molecule has 9 heteroatoms. The molecule has 0 saturated heterocycles. The number of nitrogens with two attached hydrogens (primary N) is 1. The molecule has 0 spiro atoms. The zero-order valence-corrected chi connectivity index (χ0v) is 10.0. The average molecular weight is 296 g/mol. The number of alkyl halides is 5. The van der Waals surface area contributed by atoms with Crippen LogP contribution in [0.2, 0.25) is 0 Å². The number of benzene rings is 1. The van der Waals surface area contributed by atoms with Gasteiger partial charge in [0.15, 0.2) is 5.84 Å². The summed E-state index contributed by atoms with van der Waals surface area (Å²) >= 11 is 0. The van der Waals surface area contributed by atoms with E-state index in [4.69, 9.17) is 5.73 Å². The van der Waals surface area contributed by atoms with Crippen molar-refractivity contribution in [1.82, 2.24) is 0 Å². The second-order valence-corrected chi connectivity index (χ2v) is 3.80. The van der Waals surface area contributed by atoms with Crippen LogP contribution in [0.5, 0.6) is 0 Å². The van der Waals surface area contributed by atoms with Crippen LogP contribution in [-0.2, 0) is 9.63 Å². The fourth-order valence-electron chi connectivity index (χ4n) is 1.12. The fourth-order valence-corrected chi connectivity index (χ4v) is 1.12. The maximum Gasteiger partial charge on any atom is 0.465 e. The number of halogens is 5. The summed E-state index contributed by atoms with van der Waals surface area (Å²) in [5.74, 6) is -9.00. The normalized spacial score (nSPS) is 13.2. The van der Waals surface area contributed by atoms with E-state index in [1.165, 1.54) is 12.1 Å². The van der Waals surface area contributed by atoms with Crippen LogP contribution in [-0.4, -0.2) is 23.9 Å². The van der Waals surface area contributed by atoms with E-state index in [9.17, 15) is 26.7 Å². The van der Waals surface area contributed by atoms with Crippen molar-refractivity contribution in [3.05, 3.63) is 35.4 Å². The molecule has 0 unspecified atom stereocenters. The minimum atomic E-state index is -6.06. The van der Waals surface area contributed by atoms with E-state index in [-0.39, 0.29) is 5.56 Å². The van der Waals surface area contributed by atoms with E-state index in [2.05, 4.69) is 9.99 Å². The maximum atomic E-state index is 12.5. The summed E-state index contributed by atoms with van der Waals surface area (Å²) in [6.07, 6.45) is -6.06. The first-order valence-electron chi connectivity index (χ1n) is 5.12. The number of hydrogen-bond acceptors (Lipinski definition) is 3. The number of amidine groups is 1. The van der Waals surface area contributed by atoms with Crippen molar-refractivity contribution in [2.45, 2.75) is 19.0 Å². The lowest BCUT2D eigenvalue weighted by Gasteiger charge is -2.15. The highest BCUT2D eigenvalue weighted by Gasteiger charge is 2.65. The van der Waals surface area contributed by atoms with Gasteiger partial charge in [0.2, 0.25) is 0 Å². The monoisotopic (exact) mass is 296 g/mol. The lowest BCUT2D eigenvalue weighted by molar-refractivity contribution is -0.280. The van der Waals surface area contributed by atoms with Gasteiger partial charge in [-0.3, -0.25) is 0 Å². The summed E-state index contributed by atoms with van der Waals surface area (Å²) in [5.41, 5.74) is 6.27. The van der Waals surface area contributed by atoms with E-state index < -0.39 is 23.9 Å². The Balaban J connectivity index is 2.85. The van der Waals surface area contributed by atoms with Crippen LogP contribution >= 0.6 is 0 Å². The standard InChI is InChI=1S/C11H9F5N2O2/c1-6-3-2-4-7(5-6)8(17)18-20-9(19)10(12,13)11(14,15)16/h2-5H,1H3,(H2,17,18). The lowest BCUT2D eigenvalue weighted by atomic mass is 10.1. The molecular weight excluding hydrogens is 287 g/mol. The van der Waals surface area contributed by atoms with E-state index >= 15 is 0 Å². The lowest BCUT2D eigenvalue weighted by Crippen LogP contribution is -2.44. The number of carbonyl (C=O) groups excluding carboxylic acids is 1. The second kappa shape index (κ2) is 5.43. The molecule has 110 valence electrons. The molecule has 0 heterocycles. The van der Waals surface area contributed by atoms with Crippen molar-refractivity contribution in [2.24, 2.45) is 10.9 Å². The molecule has 0 fully saturated rings. The molecule has 0 bridgehead atoms. The number of oxime groups is 1. The van der Waals surface area contributed by atoms with E-state index in [0.717, 1.165) is 5.56 Å². The number of rotatable bonds is 3. The summed E-state index contributed by atoms with van der Waals surface area (Å²) in [6.45, 7) is 1.70. The van der Waals surface area contributed by atoms with Crippen molar-refractivity contribution in [3.8, 4) is 0 Å². The highest BCUT2D eigenvalue weighted by molar-refractivity contribution is 5.97. The second-order valence-electron chi connectivity index (χ2n) is 3.80. The average Bonchev–Trinajstić information content (AvgIpc) is 2.34. The van der Waals surface area contributed by atoms with Crippen molar-refractivity contribution in [1.29, 1.82) is 0 Å². The summed E-state index contributed by atoms with van der Waals surface area (Å²) in [5, 5.41) is 2.78. The first-order chi connectivity index (χ1) is 9.05. The molecule has 4 nitrogen and oxygen atoms in total. The molecule has 0 aromatic heterocycles. The molecule has 0 aliphatic carbocycles. The molecule has 20 heavy (non-hydrogen) atoms. The molecule has 0 saturated carbocycles. The van der Waals surface area contributed by atoms with E-state index in [0.29, 0.717) is 0 Å². The molecule has 0 amide bonds. The van der Waals surface area contributed by atoms with Gasteiger partial charge in [-0.1, -0.05) is 28.9 Å². The number of nitrogens with zero attached hydrogens (tertiary/aromatic N) is 1. The van der Waals surface area contributed by atoms with Gasteiger partial charge in [0.25, 0.3) is 0 Å². The Kier molecular flexibility index (Phi) is 4.31. The van der Waals surface area contributed by atoms with Crippen molar-refractivity contribution in [2.75, 3.05) is 0 Å². The van der Waals surface area contributed by atoms with Gasteiger partial charge in [0, 0.05) is 5.56 Å². The minimum Gasteiger partial charge on any atom is -0.380 e. The third-order valence-corrected chi connectivity index (χ3v) is 2.15. The summed E-state index contributed by atoms with van der Waals surface area (Å²) in [7, 11) is 0. The predicted octanol–water partition coefficient (Wildman–Crippen LogP) is 2.36. The van der Waals surface area contributed by atoms with E-state index in [1.807, 2.05) is 0 Å². The van der Waals surface area contributed by atoms with Gasteiger partial charge >= 0.3 is 18.1 Å². The Hall–Kier alpha value is -2.19. The Morgan fingerprint density at radius 2 is 1.85 bits per heavy atom. The molecule has 0 aliphatic heterocycles. The van der Waals surface area contributed by atoms with Gasteiger partial charge in [-0.05, 0) is 13.0 Å². The van der Waals surface area contributed by atoms with Gasteiger partial charge in [-0.15, -0.1) is 0 Å². The topological polar surface area (TPSA) is 64.7 Å². The Morgan fingerprint density at radius 3 is 2.35 bits per heavy atom. The van der Waals surface area contributed by atoms with Gasteiger partial charge in [0.05, 0.1) is 0 Å². The number of hydrogen-bond donors (Lipinski definition) is 1. The van der Waals surface area contributed by atoms with Crippen LogP contribution in [0.1, 0.15) is 11.1 Å². The Bertz CT molecular complexity index is 540. The van der Waals surface area contributed by atoms with Gasteiger partial charge in [-0.2, -0.15) is 22.0 Å². The van der Waals surface area contributed by atoms with Gasteiger partial charge in [-0.25, -0.2) is 4.79 Å².